The molecule has 30 heavy (non-hydrogen) atoms. The van der Waals surface area contributed by atoms with Gasteiger partial charge >= 0.3 is 0 Å². The summed E-state index contributed by atoms with van der Waals surface area (Å²) in [6.07, 6.45) is 7.00. The maximum absolute atomic E-state index is 14.1. The van der Waals surface area contributed by atoms with Crippen LogP contribution in [0.5, 0.6) is 0 Å². The minimum Gasteiger partial charge on any atom is -0.391 e. The molecule has 1 aromatic rings. The molecule has 7 heteroatoms. The predicted molar refractivity (Wildman–Crippen MR) is 123 cm³/mol. The van der Waals surface area contributed by atoms with E-state index in [1.54, 1.807) is 6.20 Å². The van der Waals surface area contributed by atoms with E-state index in [9.17, 15) is 9.18 Å². The normalized spacial score (nSPS) is 23.6. The summed E-state index contributed by atoms with van der Waals surface area (Å²) in [6, 6.07) is 10.1. The lowest BCUT2D eigenvalue weighted by atomic mass is 10.1. The van der Waals surface area contributed by atoms with E-state index in [0.717, 1.165) is 25.0 Å². The molecule has 0 aliphatic carbocycles. The summed E-state index contributed by atoms with van der Waals surface area (Å²) >= 11 is 0. The molecule has 2 rings (SSSR count). The molecule has 0 bridgehead atoms. The van der Waals surface area contributed by atoms with Crippen LogP contribution in [0.2, 0.25) is 0 Å². The van der Waals surface area contributed by atoms with Crippen molar-refractivity contribution in [3.63, 3.8) is 0 Å². The van der Waals surface area contributed by atoms with Crippen LogP contribution < -0.4 is 10.4 Å². The van der Waals surface area contributed by atoms with Crippen LogP contribution in [-0.4, -0.2) is 49.3 Å². The highest BCUT2D eigenvalue weighted by molar-refractivity contribution is 7.54. The number of carbonyl (C=O) groups excluding carboxylic acids is 1. The molecule has 0 radical (unpaired) electrons. The topological polar surface area (TPSA) is 53.6 Å². The van der Waals surface area contributed by atoms with Gasteiger partial charge in [0.1, 0.15) is 18.3 Å². The molecular formula is C23H35FN3O2P. The zero-order valence-corrected chi connectivity index (χ0v) is 19.2. The summed E-state index contributed by atoms with van der Waals surface area (Å²) in [5.74, 6) is 0.117. The number of nitrogens with zero attached hydrogens (tertiary/aromatic N) is 1. The van der Waals surface area contributed by atoms with Crippen LogP contribution >= 0.6 is 8.07 Å². The first-order chi connectivity index (χ1) is 14.4. The molecule has 166 valence electrons. The van der Waals surface area contributed by atoms with E-state index in [1.807, 2.05) is 37.1 Å². The van der Waals surface area contributed by atoms with Crippen molar-refractivity contribution in [1.82, 2.24) is 15.3 Å². The van der Waals surface area contributed by atoms with Gasteiger partial charge in [-0.25, -0.2) is 4.39 Å². The number of carbonyl (C=O) groups is 1. The van der Waals surface area contributed by atoms with Crippen molar-refractivity contribution in [2.24, 2.45) is 5.92 Å². The standard InChI is InChI=1S/C23H35FN3O2P/c1-5-25-12-11-21(24)14-27(4)23-18(2)13-22(29-23)17-30(26-19(3)15-28)16-20-9-7-6-8-10-20/h5-10,14-15,18-19,22-23,25-26H,1,11-13,16-17H2,2-4H3/b21-14+. The van der Waals surface area contributed by atoms with Gasteiger partial charge in [-0.3, -0.25) is 5.09 Å². The second kappa shape index (κ2) is 12.8. The minimum absolute atomic E-state index is 0.0903. The molecule has 5 atom stereocenters. The summed E-state index contributed by atoms with van der Waals surface area (Å²) in [6.45, 7) is 8.12. The monoisotopic (exact) mass is 435 g/mol. The van der Waals surface area contributed by atoms with Crippen LogP contribution in [0.3, 0.4) is 0 Å². The van der Waals surface area contributed by atoms with Crippen molar-refractivity contribution < 1.29 is 13.9 Å². The van der Waals surface area contributed by atoms with Crippen molar-refractivity contribution in [3.8, 4) is 0 Å². The molecule has 5 unspecified atom stereocenters. The van der Waals surface area contributed by atoms with E-state index in [1.165, 1.54) is 11.8 Å². The summed E-state index contributed by atoms with van der Waals surface area (Å²) < 4.78 is 20.5. The first kappa shape index (κ1) is 24.5. The van der Waals surface area contributed by atoms with E-state index in [4.69, 9.17) is 4.74 Å². The Morgan fingerprint density at radius 1 is 1.43 bits per heavy atom. The molecule has 1 saturated heterocycles. The number of rotatable bonds is 13. The van der Waals surface area contributed by atoms with Crippen LogP contribution in [0.1, 0.15) is 32.3 Å². The van der Waals surface area contributed by atoms with Crippen molar-refractivity contribution >= 4 is 14.4 Å². The number of ether oxygens (including phenoxy) is 1. The van der Waals surface area contributed by atoms with Gasteiger partial charge in [-0.15, -0.1) is 0 Å². The largest absolute Gasteiger partial charge is 0.391 e. The van der Waals surface area contributed by atoms with E-state index in [-0.39, 0.29) is 24.2 Å². The van der Waals surface area contributed by atoms with Gasteiger partial charge in [0.05, 0.1) is 12.1 Å². The van der Waals surface area contributed by atoms with Crippen LogP contribution in [0.15, 0.2) is 55.1 Å². The smallest absolute Gasteiger partial charge is 0.136 e. The third kappa shape index (κ3) is 8.17. The van der Waals surface area contributed by atoms with Crippen LogP contribution in [0.4, 0.5) is 4.39 Å². The summed E-state index contributed by atoms with van der Waals surface area (Å²) in [5, 5.41) is 6.38. The van der Waals surface area contributed by atoms with Gasteiger partial charge in [-0.1, -0.05) is 43.8 Å². The average Bonchev–Trinajstić information content (AvgIpc) is 3.08. The van der Waals surface area contributed by atoms with Gasteiger partial charge in [0.2, 0.25) is 0 Å². The fraction of sp³-hybridized carbons (Fsp3) is 0.522. The van der Waals surface area contributed by atoms with Gasteiger partial charge in [0.15, 0.2) is 0 Å². The van der Waals surface area contributed by atoms with E-state index >= 15 is 0 Å². The number of hydrogen-bond donors (Lipinski definition) is 2. The number of halogens is 1. The molecule has 0 spiro atoms. The van der Waals surface area contributed by atoms with Crippen molar-refractivity contribution in [2.45, 2.75) is 51.2 Å². The van der Waals surface area contributed by atoms with E-state index in [0.29, 0.717) is 18.9 Å². The molecule has 1 fully saturated rings. The van der Waals surface area contributed by atoms with Gasteiger partial charge in [0.25, 0.3) is 0 Å². The lowest BCUT2D eigenvalue weighted by Crippen LogP contribution is -2.32. The number of nitrogens with one attached hydrogen (secondary N) is 2. The zero-order valence-electron chi connectivity index (χ0n) is 18.3. The molecule has 0 amide bonds. The maximum Gasteiger partial charge on any atom is 0.136 e. The van der Waals surface area contributed by atoms with Crippen LogP contribution in [0.25, 0.3) is 0 Å². The molecule has 1 aliphatic heterocycles. The Morgan fingerprint density at radius 3 is 2.83 bits per heavy atom. The highest BCUT2D eigenvalue weighted by Crippen LogP contribution is 2.41. The second-order valence-corrected chi connectivity index (χ2v) is 9.95. The first-order valence-electron chi connectivity index (χ1n) is 10.5. The van der Waals surface area contributed by atoms with Gasteiger partial charge in [-0.2, -0.15) is 0 Å². The van der Waals surface area contributed by atoms with Crippen molar-refractivity contribution in [1.29, 1.82) is 0 Å². The first-order valence-corrected chi connectivity index (χ1v) is 12.2. The predicted octanol–water partition coefficient (Wildman–Crippen LogP) is 4.38. The third-order valence-electron chi connectivity index (χ3n) is 5.08. The Bertz CT molecular complexity index is 688. The molecule has 1 heterocycles. The number of aldehydes is 1. The van der Waals surface area contributed by atoms with E-state index in [2.05, 4.69) is 36.0 Å². The Hall–Kier alpha value is -1.75. The molecule has 1 aromatic carbocycles. The SMILES string of the molecule is C=CNCC/C(F)=C\N(C)C1OC(CP(Cc2ccccc2)NC(C)C=O)CC1C. The van der Waals surface area contributed by atoms with Crippen molar-refractivity contribution in [2.75, 3.05) is 19.8 Å². The van der Waals surface area contributed by atoms with Crippen LogP contribution in [-0.2, 0) is 15.7 Å². The highest BCUT2D eigenvalue weighted by Gasteiger charge is 2.35. The maximum atomic E-state index is 14.1. The fourth-order valence-corrected chi connectivity index (χ4v) is 6.06. The molecular weight excluding hydrogens is 400 g/mol. The van der Waals surface area contributed by atoms with Gasteiger partial charge < -0.3 is 19.7 Å². The van der Waals surface area contributed by atoms with Gasteiger partial charge in [0, 0.05) is 44.5 Å². The number of benzene rings is 1. The lowest BCUT2D eigenvalue weighted by molar-refractivity contribution is -0.108. The summed E-state index contributed by atoms with van der Waals surface area (Å²) in [4.78, 5) is 13.0. The Labute approximate surface area is 181 Å². The van der Waals surface area contributed by atoms with Gasteiger partial charge in [-0.05, 0) is 33.2 Å². The molecule has 1 aliphatic rings. The molecule has 0 aromatic heterocycles. The summed E-state index contributed by atoms with van der Waals surface area (Å²) in [5.41, 5.74) is 1.26. The Morgan fingerprint density at radius 2 is 2.17 bits per heavy atom. The third-order valence-corrected chi connectivity index (χ3v) is 7.45. The number of hydrogen-bond acceptors (Lipinski definition) is 5. The minimum atomic E-state index is -0.609. The zero-order chi connectivity index (χ0) is 21.9. The fourth-order valence-electron chi connectivity index (χ4n) is 3.72. The second-order valence-electron chi connectivity index (χ2n) is 7.93. The lowest BCUT2D eigenvalue weighted by Gasteiger charge is -2.27. The summed E-state index contributed by atoms with van der Waals surface area (Å²) in [7, 11) is 1.26. The van der Waals surface area contributed by atoms with Crippen molar-refractivity contribution in [3.05, 3.63) is 60.7 Å². The molecule has 0 saturated carbocycles. The molecule has 2 N–H and O–H groups in total. The Balaban J connectivity index is 1.96. The Kier molecular flexibility index (Phi) is 10.5. The molecule has 5 nitrogen and oxygen atoms in total. The average molecular weight is 436 g/mol. The quantitative estimate of drug-likeness (QED) is 0.274. The van der Waals surface area contributed by atoms with E-state index < -0.39 is 8.07 Å². The highest BCUT2D eigenvalue weighted by atomic mass is 31.1. The van der Waals surface area contributed by atoms with Crippen LogP contribution in [0, 0.1) is 5.92 Å².